The maximum atomic E-state index is 12.3. The number of hydrogen-bond donors (Lipinski definition) is 2. The topological polar surface area (TPSA) is 66.9 Å². The molecule has 0 aliphatic carbocycles. The fourth-order valence-corrected chi connectivity index (χ4v) is 2.66. The predicted octanol–water partition coefficient (Wildman–Crippen LogP) is 3.24. The first kappa shape index (κ1) is 15.4. The molecule has 0 radical (unpaired) electrons. The van der Waals surface area contributed by atoms with Gasteiger partial charge in [-0.25, -0.2) is 9.97 Å². The number of aromatic nitrogens is 2. The summed E-state index contributed by atoms with van der Waals surface area (Å²) >= 11 is 1.55. The number of carbonyl (C=O) groups is 1. The minimum absolute atomic E-state index is 0.0634. The number of nitrogens with one attached hydrogen (secondary N) is 2. The normalized spacial score (nSPS) is 11.9. The second-order valence-corrected chi connectivity index (χ2v) is 5.57. The van der Waals surface area contributed by atoms with Crippen LogP contribution in [0.3, 0.4) is 0 Å². The van der Waals surface area contributed by atoms with Gasteiger partial charge >= 0.3 is 0 Å². The summed E-state index contributed by atoms with van der Waals surface area (Å²) in [6.45, 7) is 4.96. The Balaban J connectivity index is 2.05. The number of amides is 1. The van der Waals surface area contributed by atoms with E-state index in [1.165, 1.54) is 0 Å². The lowest BCUT2D eigenvalue weighted by Gasteiger charge is -2.14. The molecule has 1 atom stereocenters. The van der Waals surface area contributed by atoms with E-state index >= 15 is 0 Å². The van der Waals surface area contributed by atoms with E-state index in [0.717, 1.165) is 30.2 Å². The highest BCUT2D eigenvalue weighted by Gasteiger charge is 2.17. The molecule has 0 saturated heterocycles. The van der Waals surface area contributed by atoms with Crippen molar-refractivity contribution in [2.75, 3.05) is 11.9 Å². The lowest BCUT2D eigenvalue weighted by molar-refractivity contribution is 0.0930. The largest absolute Gasteiger partial charge is 0.370 e. The molecule has 0 spiro atoms. The summed E-state index contributed by atoms with van der Waals surface area (Å²) in [5, 5.41) is 9.01. The van der Waals surface area contributed by atoms with Gasteiger partial charge in [0.15, 0.2) is 0 Å². The number of nitrogens with zero attached hydrogens (tertiary/aromatic N) is 2. The third kappa shape index (κ3) is 4.26. The van der Waals surface area contributed by atoms with E-state index in [-0.39, 0.29) is 11.9 Å². The third-order valence-corrected chi connectivity index (χ3v) is 3.89. The second-order valence-electron chi connectivity index (χ2n) is 4.64. The summed E-state index contributed by atoms with van der Waals surface area (Å²) in [6.07, 6.45) is 3.56. The van der Waals surface area contributed by atoms with Gasteiger partial charge in [0.25, 0.3) is 5.91 Å². The van der Waals surface area contributed by atoms with Crippen LogP contribution in [0.25, 0.3) is 0 Å². The van der Waals surface area contributed by atoms with Crippen LogP contribution in [0, 0.1) is 0 Å². The summed E-state index contributed by atoms with van der Waals surface area (Å²) in [4.78, 5) is 20.9. The van der Waals surface area contributed by atoms with E-state index in [1.54, 1.807) is 23.6 Å². The highest BCUT2D eigenvalue weighted by atomic mass is 32.1. The number of carbonyl (C=O) groups excluding carboxylic acids is 1. The van der Waals surface area contributed by atoms with Crippen molar-refractivity contribution >= 4 is 23.1 Å². The van der Waals surface area contributed by atoms with Crippen LogP contribution in [0.4, 0.5) is 5.82 Å². The second kappa shape index (κ2) is 7.73. The van der Waals surface area contributed by atoms with Crippen molar-refractivity contribution in [1.29, 1.82) is 0 Å². The van der Waals surface area contributed by atoms with Crippen LogP contribution in [0.5, 0.6) is 0 Å². The van der Waals surface area contributed by atoms with Gasteiger partial charge in [-0.3, -0.25) is 4.79 Å². The maximum Gasteiger partial charge on any atom is 0.270 e. The molecule has 5 nitrogen and oxygen atoms in total. The summed E-state index contributed by atoms with van der Waals surface area (Å²) in [6, 6.07) is 5.36. The van der Waals surface area contributed by atoms with Crippen molar-refractivity contribution in [2.45, 2.75) is 32.7 Å². The molecule has 0 fully saturated rings. The Morgan fingerprint density at radius 3 is 2.90 bits per heavy atom. The lowest BCUT2D eigenvalue weighted by Crippen LogP contribution is -2.29. The molecule has 0 saturated carbocycles. The Morgan fingerprint density at radius 2 is 2.24 bits per heavy atom. The molecule has 21 heavy (non-hydrogen) atoms. The molecule has 2 aromatic heterocycles. The molecule has 112 valence electrons. The first-order valence-corrected chi connectivity index (χ1v) is 8.03. The standard InChI is InChI=1S/C15H20N4OS/c1-3-8-16-13-7-5-6-12(18-13)14(20)19-11(4-2)15-17-9-10-21-15/h5-7,9-11H,3-4,8H2,1-2H3,(H,16,18)(H,19,20). The quantitative estimate of drug-likeness (QED) is 0.824. The van der Waals surface area contributed by atoms with Gasteiger partial charge in [0.05, 0.1) is 6.04 Å². The molecule has 2 rings (SSSR count). The van der Waals surface area contributed by atoms with E-state index < -0.39 is 0 Å². The van der Waals surface area contributed by atoms with Crippen molar-refractivity contribution in [3.63, 3.8) is 0 Å². The molecule has 6 heteroatoms. The van der Waals surface area contributed by atoms with Crippen molar-refractivity contribution in [3.05, 3.63) is 40.5 Å². The van der Waals surface area contributed by atoms with Crippen molar-refractivity contribution in [3.8, 4) is 0 Å². The average molecular weight is 304 g/mol. The molecular formula is C15H20N4OS. The predicted molar refractivity (Wildman–Crippen MR) is 85.6 cm³/mol. The van der Waals surface area contributed by atoms with E-state index in [4.69, 9.17) is 0 Å². The van der Waals surface area contributed by atoms with Gasteiger partial charge in [-0.2, -0.15) is 0 Å². The minimum atomic E-state index is -0.169. The van der Waals surface area contributed by atoms with Gasteiger partial charge in [-0.15, -0.1) is 11.3 Å². The number of thiazole rings is 1. The number of pyridine rings is 1. The molecule has 1 amide bonds. The smallest absolute Gasteiger partial charge is 0.270 e. The summed E-state index contributed by atoms with van der Waals surface area (Å²) < 4.78 is 0. The zero-order valence-electron chi connectivity index (χ0n) is 12.3. The molecule has 0 aromatic carbocycles. The zero-order valence-corrected chi connectivity index (χ0v) is 13.1. The highest BCUT2D eigenvalue weighted by Crippen LogP contribution is 2.19. The first-order chi connectivity index (χ1) is 10.2. The Kier molecular flexibility index (Phi) is 5.68. The first-order valence-electron chi connectivity index (χ1n) is 7.15. The minimum Gasteiger partial charge on any atom is -0.370 e. The van der Waals surface area contributed by atoms with Crippen LogP contribution >= 0.6 is 11.3 Å². The van der Waals surface area contributed by atoms with E-state index in [9.17, 15) is 4.79 Å². The van der Waals surface area contributed by atoms with Crippen LogP contribution in [-0.2, 0) is 0 Å². The molecule has 2 aromatic rings. The number of rotatable bonds is 7. The van der Waals surface area contributed by atoms with Gasteiger partial charge in [-0.1, -0.05) is 19.9 Å². The van der Waals surface area contributed by atoms with E-state index in [0.29, 0.717) is 5.69 Å². The zero-order chi connectivity index (χ0) is 15.1. The highest BCUT2D eigenvalue weighted by molar-refractivity contribution is 7.09. The fraction of sp³-hybridized carbons (Fsp3) is 0.400. The Labute approximate surface area is 128 Å². The fourth-order valence-electron chi connectivity index (χ4n) is 1.89. The van der Waals surface area contributed by atoms with Crippen molar-refractivity contribution in [1.82, 2.24) is 15.3 Å². The maximum absolute atomic E-state index is 12.3. The van der Waals surface area contributed by atoms with Crippen LogP contribution in [-0.4, -0.2) is 22.4 Å². The van der Waals surface area contributed by atoms with Crippen molar-refractivity contribution < 1.29 is 4.79 Å². The van der Waals surface area contributed by atoms with Gasteiger partial charge < -0.3 is 10.6 Å². The average Bonchev–Trinajstić information content (AvgIpc) is 3.04. The van der Waals surface area contributed by atoms with Crippen LogP contribution < -0.4 is 10.6 Å². The third-order valence-electron chi connectivity index (χ3n) is 3.00. The Hall–Kier alpha value is -1.95. The summed E-state index contributed by atoms with van der Waals surface area (Å²) in [5.41, 5.74) is 0.422. The van der Waals surface area contributed by atoms with Gasteiger partial charge in [0.1, 0.15) is 16.5 Å². The summed E-state index contributed by atoms with van der Waals surface area (Å²) in [5.74, 6) is 0.559. The molecule has 0 bridgehead atoms. The monoisotopic (exact) mass is 304 g/mol. The molecule has 0 aliphatic heterocycles. The van der Waals surface area contributed by atoms with Crippen molar-refractivity contribution in [2.24, 2.45) is 0 Å². The van der Waals surface area contributed by atoms with Crippen LogP contribution in [0.2, 0.25) is 0 Å². The van der Waals surface area contributed by atoms with Gasteiger partial charge in [-0.05, 0) is 25.0 Å². The SMILES string of the molecule is CCCNc1cccc(C(=O)NC(CC)c2nccs2)n1. The molecular weight excluding hydrogens is 284 g/mol. The van der Waals surface area contributed by atoms with Crippen LogP contribution in [0.15, 0.2) is 29.8 Å². The molecule has 0 aliphatic rings. The molecule has 2 heterocycles. The van der Waals surface area contributed by atoms with E-state index in [1.807, 2.05) is 24.4 Å². The summed E-state index contributed by atoms with van der Waals surface area (Å²) in [7, 11) is 0. The van der Waals surface area contributed by atoms with E-state index in [2.05, 4.69) is 27.5 Å². The lowest BCUT2D eigenvalue weighted by atomic mass is 10.2. The number of anilines is 1. The Bertz CT molecular complexity index is 571. The van der Waals surface area contributed by atoms with Crippen LogP contribution in [0.1, 0.15) is 48.2 Å². The molecule has 1 unspecified atom stereocenters. The Morgan fingerprint density at radius 1 is 1.38 bits per heavy atom. The molecule has 2 N–H and O–H groups in total. The van der Waals surface area contributed by atoms with Gasteiger partial charge in [0.2, 0.25) is 0 Å². The van der Waals surface area contributed by atoms with Gasteiger partial charge in [0, 0.05) is 18.1 Å². The number of hydrogen-bond acceptors (Lipinski definition) is 5.